The fourth-order valence-electron chi connectivity index (χ4n) is 1.68. The van der Waals surface area contributed by atoms with E-state index in [4.69, 9.17) is 10.2 Å². The van der Waals surface area contributed by atoms with Gasteiger partial charge in [-0.05, 0) is 0 Å². The maximum atomic E-state index is 11.4. The lowest BCUT2D eigenvalue weighted by Crippen LogP contribution is -2.29. The summed E-state index contributed by atoms with van der Waals surface area (Å²) in [6.07, 6.45) is 2.53. The number of nitrogens with zero attached hydrogens (tertiary/aromatic N) is 1. The molecule has 0 saturated heterocycles. The number of oxazole rings is 1. The van der Waals surface area contributed by atoms with Crippen LogP contribution in [-0.4, -0.2) is 24.0 Å². The summed E-state index contributed by atoms with van der Waals surface area (Å²) in [5, 5.41) is 2.71. The highest BCUT2D eigenvalue weighted by molar-refractivity contribution is 5.85. The molecule has 0 aliphatic heterocycles. The lowest BCUT2D eigenvalue weighted by atomic mass is 10.2. The zero-order valence-corrected chi connectivity index (χ0v) is 13.1. The Morgan fingerprint density at radius 1 is 1.24 bits per heavy atom. The summed E-state index contributed by atoms with van der Waals surface area (Å²) in [7, 11) is 0. The molecule has 1 aromatic carbocycles. The topological polar surface area (TPSA) is 81.1 Å². The first-order chi connectivity index (χ1) is 9.29. The Balaban J connectivity index is 0.00000200. The van der Waals surface area contributed by atoms with E-state index in [-0.39, 0.29) is 30.7 Å². The highest BCUT2D eigenvalue weighted by atomic mass is 35.5. The van der Waals surface area contributed by atoms with Crippen LogP contribution in [0, 0.1) is 0 Å². The Bertz CT molecular complexity index is 532. The van der Waals surface area contributed by atoms with E-state index >= 15 is 0 Å². The number of hydrogen-bond acceptors (Lipinski definition) is 4. The average molecular weight is 332 g/mol. The zero-order chi connectivity index (χ0) is 13.5. The number of hydrogen-bond donors (Lipinski definition) is 2. The maximum absolute atomic E-state index is 11.4. The van der Waals surface area contributed by atoms with Crippen molar-refractivity contribution >= 4 is 30.7 Å². The van der Waals surface area contributed by atoms with Crippen molar-refractivity contribution in [3.05, 3.63) is 42.4 Å². The van der Waals surface area contributed by atoms with Crippen LogP contribution in [-0.2, 0) is 11.2 Å². The number of aryl methyl sites for hydroxylation is 1. The molecule has 21 heavy (non-hydrogen) atoms. The Morgan fingerprint density at radius 2 is 1.95 bits per heavy atom. The van der Waals surface area contributed by atoms with Crippen LogP contribution >= 0.6 is 24.8 Å². The predicted molar refractivity (Wildman–Crippen MR) is 86.8 cm³/mol. The summed E-state index contributed by atoms with van der Waals surface area (Å²) in [6.45, 7) is 0.947. The van der Waals surface area contributed by atoms with E-state index in [0.29, 0.717) is 31.8 Å². The van der Waals surface area contributed by atoms with Gasteiger partial charge in [0.05, 0.1) is 6.20 Å². The number of amides is 1. The number of halogens is 2. The Morgan fingerprint density at radius 3 is 2.62 bits per heavy atom. The summed E-state index contributed by atoms with van der Waals surface area (Å²) in [5.41, 5.74) is 6.29. The van der Waals surface area contributed by atoms with Gasteiger partial charge in [-0.15, -0.1) is 24.8 Å². The van der Waals surface area contributed by atoms with Crippen LogP contribution in [0.2, 0.25) is 0 Å². The summed E-state index contributed by atoms with van der Waals surface area (Å²) in [5.74, 6) is 1.25. The molecule has 1 amide bonds. The summed E-state index contributed by atoms with van der Waals surface area (Å²) in [4.78, 5) is 15.6. The van der Waals surface area contributed by atoms with Crippen molar-refractivity contribution in [3.63, 3.8) is 0 Å². The molecular formula is C14H19Cl2N3O2. The Hall–Kier alpha value is -1.56. The minimum absolute atomic E-state index is 0. The molecular weight excluding hydrogens is 313 g/mol. The third-order valence-electron chi connectivity index (χ3n) is 2.64. The number of nitrogens with two attached hydrogens (primary N) is 1. The van der Waals surface area contributed by atoms with Gasteiger partial charge in [0.25, 0.3) is 0 Å². The van der Waals surface area contributed by atoms with E-state index in [9.17, 15) is 4.79 Å². The SMILES string of the molecule is Cl.Cl.NCCNC(=O)CCc1ncc(-c2ccccc2)o1. The number of aromatic nitrogens is 1. The van der Waals surface area contributed by atoms with Crippen molar-refractivity contribution < 1.29 is 9.21 Å². The van der Waals surface area contributed by atoms with Gasteiger partial charge in [0.1, 0.15) is 0 Å². The van der Waals surface area contributed by atoms with Crippen LogP contribution in [0.1, 0.15) is 12.3 Å². The monoisotopic (exact) mass is 331 g/mol. The number of carbonyl (C=O) groups is 1. The first-order valence-corrected chi connectivity index (χ1v) is 6.26. The van der Waals surface area contributed by atoms with E-state index in [1.54, 1.807) is 6.20 Å². The normalized spacial score (nSPS) is 9.38. The summed E-state index contributed by atoms with van der Waals surface area (Å²) < 4.78 is 5.61. The second kappa shape index (κ2) is 10.2. The molecule has 0 saturated carbocycles. The minimum atomic E-state index is -0.0371. The number of benzene rings is 1. The second-order valence-electron chi connectivity index (χ2n) is 4.12. The third-order valence-corrected chi connectivity index (χ3v) is 2.64. The van der Waals surface area contributed by atoms with Crippen molar-refractivity contribution in [2.24, 2.45) is 5.73 Å². The van der Waals surface area contributed by atoms with Crippen molar-refractivity contribution in [2.45, 2.75) is 12.8 Å². The lowest BCUT2D eigenvalue weighted by Gasteiger charge is -2.01. The summed E-state index contributed by atoms with van der Waals surface area (Å²) >= 11 is 0. The van der Waals surface area contributed by atoms with Gasteiger partial charge in [0.2, 0.25) is 5.91 Å². The number of nitrogens with one attached hydrogen (secondary N) is 1. The highest BCUT2D eigenvalue weighted by Gasteiger charge is 2.08. The fourth-order valence-corrected chi connectivity index (χ4v) is 1.68. The standard InChI is InChI=1S/C14H17N3O2.2ClH/c15-8-9-16-13(18)6-7-14-17-10-12(19-14)11-4-2-1-3-5-11;;/h1-5,10H,6-9,15H2,(H,16,18);2*1H. The first kappa shape index (κ1) is 19.4. The van der Waals surface area contributed by atoms with E-state index in [2.05, 4.69) is 10.3 Å². The molecule has 7 heteroatoms. The molecule has 2 rings (SSSR count). The van der Waals surface area contributed by atoms with Crippen LogP contribution < -0.4 is 11.1 Å². The zero-order valence-electron chi connectivity index (χ0n) is 11.5. The molecule has 1 aromatic heterocycles. The van der Waals surface area contributed by atoms with Gasteiger partial charge >= 0.3 is 0 Å². The Labute approximate surface area is 136 Å². The molecule has 0 bridgehead atoms. The van der Waals surface area contributed by atoms with Gasteiger partial charge in [-0.25, -0.2) is 4.98 Å². The smallest absolute Gasteiger partial charge is 0.220 e. The van der Waals surface area contributed by atoms with Gasteiger partial charge in [-0.3, -0.25) is 4.79 Å². The van der Waals surface area contributed by atoms with Gasteiger partial charge < -0.3 is 15.5 Å². The largest absolute Gasteiger partial charge is 0.441 e. The van der Waals surface area contributed by atoms with E-state index < -0.39 is 0 Å². The molecule has 0 unspecified atom stereocenters. The summed E-state index contributed by atoms with van der Waals surface area (Å²) in [6, 6.07) is 9.74. The average Bonchev–Trinajstić information content (AvgIpc) is 2.93. The van der Waals surface area contributed by atoms with Crippen LogP contribution in [0.4, 0.5) is 0 Å². The van der Waals surface area contributed by atoms with Crippen LogP contribution in [0.15, 0.2) is 40.9 Å². The molecule has 5 nitrogen and oxygen atoms in total. The van der Waals surface area contributed by atoms with Gasteiger partial charge in [0.15, 0.2) is 11.7 Å². The fraction of sp³-hybridized carbons (Fsp3) is 0.286. The van der Waals surface area contributed by atoms with Gasteiger partial charge in [-0.2, -0.15) is 0 Å². The third kappa shape index (κ3) is 6.16. The predicted octanol–water partition coefficient (Wildman–Crippen LogP) is 2.19. The molecule has 0 fully saturated rings. The molecule has 0 spiro atoms. The van der Waals surface area contributed by atoms with Gasteiger partial charge in [-0.1, -0.05) is 30.3 Å². The molecule has 1 heterocycles. The van der Waals surface area contributed by atoms with E-state index in [1.165, 1.54) is 0 Å². The molecule has 0 atom stereocenters. The molecule has 0 aliphatic rings. The van der Waals surface area contributed by atoms with Crippen molar-refractivity contribution in [1.29, 1.82) is 0 Å². The van der Waals surface area contributed by atoms with Crippen molar-refractivity contribution in [2.75, 3.05) is 13.1 Å². The number of carbonyl (C=O) groups excluding carboxylic acids is 1. The lowest BCUT2D eigenvalue weighted by molar-refractivity contribution is -0.121. The molecule has 0 radical (unpaired) electrons. The maximum Gasteiger partial charge on any atom is 0.220 e. The quantitative estimate of drug-likeness (QED) is 0.850. The van der Waals surface area contributed by atoms with Crippen molar-refractivity contribution in [3.8, 4) is 11.3 Å². The number of rotatable bonds is 6. The highest BCUT2D eigenvalue weighted by Crippen LogP contribution is 2.20. The molecule has 3 N–H and O–H groups in total. The molecule has 116 valence electrons. The van der Waals surface area contributed by atoms with Crippen LogP contribution in [0.5, 0.6) is 0 Å². The van der Waals surface area contributed by atoms with Gasteiger partial charge in [0, 0.05) is 31.5 Å². The minimum Gasteiger partial charge on any atom is -0.441 e. The first-order valence-electron chi connectivity index (χ1n) is 6.26. The van der Waals surface area contributed by atoms with Crippen LogP contribution in [0.3, 0.4) is 0 Å². The van der Waals surface area contributed by atoms with E-state index in [0.717, 1.165) is 11.3 Å². The van der Waals surface area contributed by atoms with Crippen molar-refractivity contribution in [1.82, 2.24) is 10.3 Å². The molecule has 2 aromatic rings. The molecule has 0 aliphatic carbocycles. The Kier molecular flexibility index (Phi) is 9.45. The second-order valence-corrected chi connectivity index (χ2v) is 4.12. The van der Waals surface area contributed by atoms with E-state index in [1.807, 2.05) is 30.3 Å². The van der Waals surface area contributed by atoms with Crippen LogP contribution in [0.25, 0.3) is 11.3 Å².